The van der Waals surface area contributed by atoms with Crippen LogP contribution in [0.3, 0.4) is 0 Å². The van der Waals surface area contributed by atoms with E-state index < -0.39 is 18.3 Å². The average Bonchev–Trinajstić information content (AvgIpc) is 3.04. The fourth-order valence-electron chi connectivity index (χ4n) is 4.35. The number of hydrogen-bond acceptors (Lipinski definition) is 5. The summed E-state index contributed by atoms with van der Waals surface area (Å²) < 4.78 is 18.6. The molecule has 0 aromatic heterocycles. The highest BCUT2D eigenvalue weighted by Crippen LogP contribution is 2.33. The number of carbonyl (C=O) groups is 1. The SMILES string of the molecule is C=C/C=C/C=C/C=C/OC1CC(C(=O)Cc2ccc(CO)cc2)CC(O/C=C/C=C/C=C/C=C)C1O/C=C/C=C/C=C/C=C.[HH].[HH].[HH].[HH].[HH].[HH].[HH].[HH].[HH].[HH].[HH].[HH].[HH].[HH].[HH].[HH].[HH].[HH].[HH].[HH].[HH].[HH].[HH].[HH].[HH].[HH].[HH].[HH].[HH].[HH].[HH].[HH].[HH].[HH].[HH].[HH].[HH].[HH].[HH].[HH].[HH].[HH].[HH].[HH].[HH].[HH].[HH].[HH].[HH].[HH].[HH].[HH].[HH].[HH]. The van der Waals surface area contributed by atoms with Crippen molar-refractivity contribution in [1.82, 2.24) is 0 Å². The zero-order valence-corrected chi connectivity index (χ0v) is 25.3. The molecule has 0 spiro atoms. The summed E-state index contributed by atoms with van der Waals surface area (Å²) in [4.78, 5) is 13.5. The summed E-state index contributed by atoms with van der Waals surface area (Å²) >= 11 is 0. The van der Waals surface area contributed by atoms with Gasteiger partial charge in [0.15, 0.2) is 6.10 Å². The molecule has 0 aliphatic heterocycles. The zero-order chi connectivity index (χ0) is 31.7. The number of aliphatic hydroxyl groups excluding tert-OH is 1. The van der Waals surface area contributed by atoms with Crippen LogP contribution in [0.4, 0.5) is 0 Å². The van der Waals surface area contributed by atoms with Crippen molar-refractivity contribution in [2.75, 3.05) is 0 Å². The maximum absolute atomic E-state index is 13.5. The third-order valence-electron chi connectivity index (χ3n) is 6.53. The molecule has 0 bridgehead atoms. The number of aliphatic hydroxyl groups is 1. The van der Waals surface area contributed by atoms with E-state index in [4.69, 9.17) is 14.2 Å². The highest BCUT2D eigenvalue weighted by molar-refractivity contribution is 5.83. The van der Waals surface area contributed by atoms with Crippen LogP contribution in [0.5, 0.6) is 0 Å². The molecule has 0 amide bonds. The second-order valence-electron chi connectivity index (χ2n) is 9.74. The minimum atomic E-state index is -0.472. The van der Waals surface area contributed by atoms with Gasteiger partial charge in [-0.3, -0.25) is 4.79 Å². The minimum Gasteiger partial charge on any atom is -0.494 e. The van der Waals surface area contributed by atoms with Gasteiger partial charge in [0.05, 0.1) is 25.4 Å². The molecule has 5 heteroatoms. The van der Waals surface area contributed by atoms with Crippen molar-refractivity contribution >= 4 is 5.78 Å². The van der Waals surface area contributed by atoms with E-state index >= 15 is 0 Å². The van der Waals surface area contributed by atoms with Crippen LogP contribution in [-0.2, 0) is 32.0 Å². The summed E-state index contributed by atoms with van der Waals surface area (Å²) in [5, 5.41) is 9.35. The Hall–Kier alpha value is -4.87. The van der Waals surface area contributed by atoms with Crippen LogP contribution in [0, 0.1) is 5.92 Å². The fraction of sp³-hybridized carbons (Fsp3) is 0.205. The van der Waals surface area contributed by atoms with Gasteiger partial charge < -0.3 is 19.3 Å². The van der Waals surface area contributed by atoms with Gasteiger partial charge in [0.2, 0.25) is 0 Å². The predicted molar refractivity (Wildman–Crippen MR) is 295 cm³/mol. The van der Waals surface area contributed by atoms with Crippen molar-refractivity contribution < 1.29 is 101 Å². The third kappa shape index (κ3) is 14.3. The second kappa shape index (κ2) is 22.7. The molecule has 1 saturated carbocycles. The monoisotopic (exact) mass is 701 g/mol. The number of allylic oxidation sites excluding steroid dienone is 18. The summed E-state index contributed by atoms with van der Waals surface area (Å²) in [6.07, 6.45) is 37.5. The van der Waals surface area contributed by atoms with Gasteiger partial charge in [-0.2, -0.15) is 0 Å². The Morgan fingerprint density at radius 3 is 1.45 bits per heavy atom. The summed E-state index contributed by atoms with van der Waals surface area (Å²) in [5.41, 5.74) is 1.71. The molecule has 2 rings (SSSR count). The second-order valence-corrected chi connectivity index (χ2v) is 9.74. The van der Waals surface area contributed by atoms with E-state index in [0.29, 0.717) is 12.8 Å². The summed E-state index contributed by atoms with van der Waals surface area (Å²) in [6, 6.07) is 7.44. The molecule has 0 heterocycles. The van der Waals surface area contributed by atoms with Crippen LogP contribution >= 0.6 is 0 Å². The lowest BCUT2D eigenvalue weighted by Crippen LogP contribution is -2.48. The predicted octanol–water partition coefficient (Wildman–Crippen LogP) is 21.6. The Labute approximate surface area is 343 Å². The molecule has 1 aliphatic rings. The molecule has 338 valence electrons. The summed E-state index contributed by atoms with van der Waals surface area (Å²) in [7, 11) is 0. The van der Waals surface area contributed by atoms with Crippen LogP contribution in [0.15, 0.2) is 172 Å². The molecule has 1 N–H and O–H groups in total. The van der Waals surface area contributed by atoms with E-state index in [1.54, 1.807) is 55.2 Å². The van der Waals surface area contributed by atoms with E-state index in [9.17, 15) is 9.90 Å². The van der Waals surface area contributed by atoms with Gasteiger partial charge in [0.1, 0.15) is 18.0 Å². The lowest BCUT2D eigenvalue weighted by atomic mass is 9.79. The molecule has 1 aromatic rings. The Bertz CT molecular complexity index is 1330. The smallest absolute Gasteiger partial charge is 0.171 e. The van der Waals surface area contributed by atoms with E-state index in [-0.39, 0.29) is 102 Å². The first-order chi connectivity index (χ1) is 21.6. The van der Waals surface area contributed by atoms with Crippen molar-refractivity contribution in [3.05, 3.63) is 183 Å². The van der Waals surface area contributed by atoms with Gasteiger partial charge in [0, 0.05) is 89.4 Å². The van der Waals surface area contributed by atoms with E-state index in [2.05, 4.69) is 19.7 Å². The molecular formula is C39H152O5. The van der Waals surface area contributed by atoms with Crippen molar-refractivity contribution in [3.8, 4) is 0 Å². The number of ether oxygens (including phenoxy) is 3. The van der Waals surface area contributed by atoms with Crippen molar-refractivity contribution in [2.45, 2.75) is 44.2 Å². The van der Waals surface area contributed by atoms with Crippen LogP contribution in [0.2, 0.25) is 0 Å². The van der Waals surface area contributed by atoms with Crippen molar-refractivity contribution in [2.24, 2.45) is 5.92 Å². The van der Waals surface area contributed by atoms with Gasteiger partial charge in [-0.1, -0.05) is 135 Å². The number of carbonyl (C=O) groups excluding carboxylic acids is 1. The standard InChI is InChI=1S/C39H44O5.54H2/c1-4-7-10-13-16-19-26-42-37-30-35(36(41)29-33-22-24-34(32-40)25-23-33)31-38(43-27-20-17-14-11-8-5-2)39(37)44-28-21-18-15-12-9-6-3;;;;;;;;;;;;;;;;;;;;;;;;;;;;;;;;;;;;;;;;;;;;;;;;;;;;;;/h4-28,35,37-40H,1-3,29-32H2;54*1H/b10-7+,11-8+,12-9+,16-13+,17-14+,18-15+,26-19+,27-20+,28-21+;;;;;;;;;;;;;;;;;;;;;;;;;;;;;;;;;;;;;;;;;;;;;;;;;;;;;;. The first kappa shape index (κ1) is 35.3. The van der Waals surface area contributed by atoms with Gasteiger partial charge in [0.25, 0.3) is 0 Å². The third-order valence-corrected chi connectivity index (χ3v) is 6.53. The van der Waals surface area contributed by atoms with Crippen LogP contribution < -0.4 is 0 Å². The van der Waals surface area contributed by atoms with E-state index in [1.807, 2.05) is 97.2 Å². The molecule has 1 fully saturated rings. The van der Waals surface area contributed by atoms with Gasteiger partial charge in [-0.25, -0.2) is 0 Å². The number of rotatable bonds is 19. The molecule has 1 aliphatic carbocycles. The van der Waals surface area contributed by atoms with E-state index in [1.165, 1.54) is 0 Å². The number of Topliss-reactive ketones (excluding diaryl/α,β-unsaturated/α-hetero) is 1. The molecule has 1 aromatic carbocycles. The largest absolute Gasteiger partial charge is 0.494 e. The minimum absolute atomic E-state index is 0. The highest BCUT2D eigenvalue weighted by atomic mass is 16.6. The molecule has 2 atom stereocenters. The Morgan fingerprint density at radius 1 is 0.636 bits per heavy atom. The maximum atomic E-state index is 13.5. The topological polar surface area (TPSA) is 65.0 Å². The van der Waals surface area contributed by atoms with Crippen LogP contribution in [-0.4, -0.2) is 29.2 Å². The first-order valence-corrected chi connectivity index (χ1v) is 14.6. The van der Waals surface area contributed by atoms with Crippen molar-refractivity contribution in [1.29, 1.82) is 0 Å². The van der Waals surface area contributed by atoms with Gasteiger partial charge in [-0.15, -0.1) is 0 Å². The van der Waals surface area contributed by atoms with E-state index in [0.717, 1.165) is 11.1 Å². The number of ketones is 1. The van der Waals surface area contributed by atoms with Crippen LogP contribution in [0.1, 0.15) is 101 Å². The molecule has 2 unspecified atom stereocenters. The van der Waals surface area contributed by atoms with Gasteiger partial charge >= 0.3 is 0 Å². The molecule has 0 radical (unpaired) electrons. The number of hydrogen-bond donors (Lipinski definition) is 1. The lowest BCUT2D eigenvalue weighted by molar-refractivity contribution is -0.138. The zero-order valence-electron chi connectivity index (χ0n) is 25.3. The maximum Gasteiger partial charge on any atom is 0.171 e. The molecule has 5 nitrogen and oxygen atoms in total. The van der Waals surface area contributed by atoms with Gasteiger partial charge in [-0.05, 0) is 42.2 Å². The Morgan fingerprint density at radius 2 is 1.02 bits per heavy atom. The normalized spacial score (nSPS) is 21.3. The Kier molecular flexibility index (Phi) is 18.2. The molecular weight excluding hydrogens is 548 g/mol. The molecule has 0 saturated heterocycles. The number of benzene rings is 1. The quantitative estimate of drug-likeness (QED) is 0.115. The summed E-state index contributed by atoms with van der Waals surface area (Å²) in [5.74, 6) is -0.194. The van der Waals surface area contributed by atoms with Crippen LogP contribution in [0.25, 0.3) is 0 Å². The first-order valence-electron chi connectivity index (χ1n) is 14.6. The van der Waals surface area contributed by atoms with Crippen molar-refractivity contribution in [3.63, 3.8) is 0 Å². The fourth-order valence-corrected chi connectivity index (χ4v) is 4.35. The molecule has 44 heavy (non-hydrogen) atoms. The lowest BCUT2D eigenvalue weighted by Gasteiger charge is -2.39. The summed E-state index contributed by atoms with van der Waals surface area (Å²) in [6.45, 7) is 10.9. The average molecular weight is 702 g/mol. The Balaban J connectivity index is -0.00000000735. The highest BCUT2D eigenvalue weighted by Gasteiger charge is 2.43.